The van der Waals surface area contributed by atoms with Crippen molar-refractivity contribution in [2.75, 3.05) is 5.32 Å². The lowest BCUT2D eigenvalue weighted by Gasteiger charge is -2.08. The number of carbonyl (C=O) groups is 1. The number of hydrogen-bond acceptors (Lipinski definition) is 3. The SMILES string of the molecule is Cc1ccc(C(=O)Nc2ccc(O)cc2C)cn1. The maximum atomic E-state index is 11.9. The number of phenols is 1. The van der Waals surface area contributed by atoms with Crippen LogP contribution in [0.2, 0.25) is 0 Å². The van der Waals surface area contributed by atoms with Crippen LogP contribution in [-0.4, -0.2) is 16.0 Å². The van der Waals surface area contributed by atoms with Crippen LogP contribution in [0, 0.1) is 13.8 Å². The summed E-state index contributed by atoms with van der Waals surface area (Å²) in [6.45, 7) is 3.69. The van der Waals surface area contributed by atoms with Gasteiger partial charge >= 0.3 is 0 Å². The van der Waals surface area contributed by atoms with Crippen LogP contribution in [0.15, 0.2) is 36.5 Å². The van der Waals surface area contributed by atoms with Gasteiger partial charge in [-0.25, -0.2) is 0 Å². The van der Waals surface area contributed by atoms with Crippen LogP contribution in [0.25, 0.3) is 0 Å². The Balaban J connectivity index is 2.18. The van der Waals surface area contributed by atoms with Gasteiger partial charge in [0.15, 0.2) is 0 Å². The van der Waals surface area contributed by atoms with E-state index in [1.807, 2.05) is 13.8 Å². The zero-order valence-electron chi connectivity index (χ0n) is 10.3. The Hall–Kier alpha value is -2.36. The lowest BCUT2D eigenvalue weighted by molar-refractivity contribution is 0.102. The molecule has 92 valence electrons. The Labute approximate surface area is 105 Å². The van der Waals surface area contributed by atoms with Gasteiger partial charge in [-0.1, -0.05) is 0 Å². The number of pyridine rings is 1. The van der Waals surface area contributed by atoms with Gasteiger partial charge in [0.05, 0.1) is 5.56 Å². The quantitative estimate of drug-likeness (QED) is 0.796. The van der Waals surface area contributed by atoms with E-state index in [4.69, 9.17) is 0 Å². The Morgan fingerprint density at radius 1 is 1.22 bits per heavy atom. The molecule has 0 saturated heterocycles. The molecule has 2 rings (SSSR count). The third-order valence-electron chi connectivity index (χ3n) is 2.63. The van der Waals surface area contributed by atoms with E-state index in [0.29, 0.717) is 11.3 Å². The molecule has 4 heteroatoms. The number of benzene rings is 1. The molecular weight excluding hydrogens is 228 g/mol. The number of aromatic nitrogens is 1. The van der Waals surface area contributed by atoms with Crippen LogP contribution in [0.4, 0.5) is 5.69 Å². The molecule has 1 amide bonds. The number of nitrogens with zero attached hydrogens (tertiary/aromatic N) is 1. The number of rotatable bonds is 2. The van der Waals surface area contributed by atoms with Crippen molar-refractivity contribution in [1.82, 2.24) is 4.98 Å². The molecule has 2 aromatic rings. The molecule has 0 radical (unpaired) electrons. The highest BCUT2D eigenvalue weighted by Gasteiger charge is 2.08. The summed E-state index contributed by atoms with van der Waals surface area (Å²) < 4.78 is 0. The molecule has 2 N–H and O–H groups in total. The first-order valence-electron chi connectivity index (χ1n) is 5.60. The lowest BCUT2D eigenvalue weighted by atomic mass is 10.1. The number of aromatic hydroxyl groups is 1. The summed E-state index contributed by atoms with van der Waals surface area (Å²) in [4.78, 5) is 16.0. The van der Waals surface area contributed by atoms with E-state index >= 15 is 0 Å². The molecule has 4 nitrogen and oxygen atoms in total. The van der Waals surface area contributed by atoms with Gasteiger partial charge < -0.3 is 10.4 Å². The highest BCUT2D eigenvalue weighted by molar-refractivity contribution is 6.04. The summed E-state index contributed by atoms with van der Waals surface area (Å²) in [5, 5.41) is 12.1. The van der Waals surface area contributed by atoms with Crippen LogP contribution in [0.1, 0.15) is 21.6 Å². The summed E-state index contributed by atoms with van der Waals surface area (Å²) in [5.41, 5.74) is 2.86. The van der Waals surface area contributed by atoms with E-state index < -0.39 is 0 Å². The summed E-state index contributed by atoms with van der Waals surface area (Å²) in [7, 11) is 0. The van der Waals surface area contributed by atoms with Gasteiger partial charge in [-0.05, 0) is 49.7 Å². The molecule has 0 aliphatic heterocycles. The number of carbonyl (C=O) groups excluding carboxylic acids is 1. The van der Waals surface area contributed by atoms with Gasteiger partial charge in [-0.2, -0.15) is 0 Å². The maximum absolute atomic E-state index is 11.9. The first-order chi connectivity index (χ1) is 8.56. The van der Waals surface area contributed by atoms with Gasteiger partial charge in [0.25, 0.3) is 5.91 Å². The van der Waals surface area contributed by atoms with Crippen LogP contribution >= 0.6 is 0 Å². The Morgan fingerprint density at radius 3 is 2.61 bits per heavy atom. The molecule has 0 saturated carbocycles. The minimum atomic E-state index is -0.212. The number of nitrogens with one attached hydrogen (secondary N) is 1. The minimum Gasteiger partial charge on any atom is -0.508 e. The molecule has 1 heterocycles. The second-order valence-electron chi connectivity index (χ2n) is 4.14. The smallest absolute Gasteiger partial charge is 0.257 e. The van der Waals surface area contributed by atoms with Gasteiger partial charge in [-0.3, -0.25) is 9.78 Å². The van der Waals surface area contributed by atoms with Gasteiger partial charge in [0.2, 0.25) is 0 Å². The van der Waals surface area contributed by atoms with Crippen LogP contribution in [-0.2, 0) is 0 Å². The van der Waals surface area contributed by atoms with Crippen molar-refractivity contribution in [3.8, 4) is 5.75 Å². The van der Waals surface area contributed by atoms with Crippen molar-refractivity contribution in [2.24, 2.45) is 0 Å². The first-order valence-corrected chi connectivity index (χ1v) is 5.60. The zero-order valence-corrected chi connectivity index (χ0v) is 10.3. The highest BCUT2D eigenvalue weighted by atomic mass is 16.3. The van der Waals surface area contributed by atoms with E-state index in [0.717, 1.165) is 11.3 Å². The number of anilines is 1. The predicted octanol–water partition coefficient (Wildman–Crippen LogP) is 2.66. The Bertz CT molecular complexity index is 577. The Morgan fingerprint density at radius 2 is 2.00 bits per heavy atom. The van der Waals surface area contributed by atoms with Crippen LogP contribution in [0.5, 0.6) is 5.75 Å². The molecule has 0 aliphatic carbocycles. The molecule has 0 bridgehead atoms. The standard InChI is InChI=1S/C14H14N2O2/c1-9-7-12(17)5-6-13(9)16-14(18)11-4-3-10(2)15-8-11/h3-8,17H,1-2H3,(H,16,18). The summed E-state index contributed by atoms with van der Waals surface area (Å²) >= 11 is 0. The van der Waals surface area contributed by atoms with Crippen molar-refractivity contribution in [1.29, 1.82) is 0 Å². The molecule has 0 fully saturated rings. The molecule has 1 aromatic carbocycles. The van der Waals surface area contributed by atoms with Crippen molar-refractivity contribution in [2.45, 2.75) is 13.8 Å². The molecule has 18 heavy (non-hydrogen) atoms. The van der Waals surface area contributed by atoms with Gasteiger partial charge in [0.1, 0.15) is 5.75 Å². The van der Waals surface area contributed by atoms with Crippen LogP contribution in [0.3, 0.4) is 0 Å². The maximum Gasteiger partial charge on any atom is 0.257 e. The van der Waals surface area contributed by atoms with Gasteiger partial charge in [0, 0.05) is 17.6 Å². The largest absolute Gasteiger partial charge is 0.508 e. The van der Waals surface area contributed by atoms with E-state index in [-0.39, 0.29) is 11.7 Å². The molecule has 1 aromatic heterocycles. The van der Waals surface area contributed by atoms with Crippen molar-refractivity contribution >= 4 is 11.6 Å². The van der Waals surface area contributed by atoms with E-state index in [2.05, 4.69) is 10.3 Å². The number of aryl methyl sites for hydroxylation is 2. The third-order valence-corrected chi connectivity index (χ3v) is 2.63. The number of hydrogen-bond donors (Lipinski definition) is 2. The summed E-state index contributed by atoms with van der Waals surface area (Å²) in [6.07, 6.45) is 1.54. The number of phenolic OH excluding ortho intramolecular Hbond substituents is 1. The van der Waals surface area contributed by atoms with Crippen molar-refractivity contribution < 1.29 is 9.90 Å². The fraction of sp³-hybridized carbons (Fsp3) is 0.143. The molecule has 0 atom stereocenters. The summed E-state index contributed by atoms with van der Waals surface area (Å²) in [6, 6.07) is 8.33. The van der Waals surface area contributed by atoms with E-state index in [1.54, 1.807) is 30.5 Å². The van der Waals surface area contributed by atoms with Crippen LogP contribution < -0.4 is 5.32 Å². The van der Waals surface area contributed by atoms with Gasteiger partial charge in [-0.15, -0.1) is 0 Å². The fourth-order valence-electron chi connectivity index (χ4n) is 1.58. The monoisotopic (exact) mass is 242 g/mol. The van der Waals surface area contributed by atoms with E-state index in [9.17, 15) is 9.90 Å². The molecule has 0 unspecified atom stereocenters. The second kappa shape index (κ2) is 4.87. The normalized spacial score (nSPS) is 10.1. The predicted molar refractivity (Wildman–Crippen MR) is 69.8 cm³/mol. The molecule has 0 aliphatic rings. The third kappa shape index (κ3) is 2.66. The first kappa shape index (κ1) is 12.1. The average Bonchev–Trinajstić information content (AvgIpc) is 2.33. The topological polar surface area (TPSA) is 62.2 Å². The minimum absolute atomic E-state index is 0.183. The van der Waals surface area contributed by atoms with Crippen molar-refractivity contribution in [3.05, 3.63) is 53.3 Å². The number of amides is 1. The highest BCUT2D eigenvalue weighted by Crippen LogP contribution is 2.20. The second-order valence-corrected chi connectivity index (χ2v) is 4.14. The van der Waals surface area contributed by atoms with Crippen molar-refractivity contribution in [3.63, 3.8) is 0 Å². The van der Waals surface area contributed by atoms with E-state index in [1.165, 1.54) is 6.07 Å². The molecule has 0 spiro atoms. The molecular formula is C14H14N2O2. The fourth-order valence-corrected chi connectivity index (χ4v) is 1.58. The zero-order chi connectivity index (χ0) is 13.1. The summed E-state index contributed by atoms with van der Waals surface area (Å²) in [5.74, 6) is -0.0289. The lowest BCUT2D eigenvalue weighted by Crippen LogP contribution is -2.13. The average molecular weight is 242 g/mol. The Kier molecular flexibility index (Phi) is 3.28.